The van der Waals surface area contributed by atoms with Gasteiger partial charge in [-0.05, 0) is 44.7 Å². The van der Waals surface area contributed by atoms with Crippen LogP contribution in [0, 0.1) is 11.8 Å². The Morgan fingerprint density at radius 1 is 1.25 bits per heavy atom. The molecule has 0 spiro atoms. The first-order valence-electron chi connectivity index (χ1n) is 6.76. The first-order valence-corrected chi connectivity index (χ1v) is 6.76. The van der Waals surface area contributed by atoms with Gasteiger partial charge in [0.25, 0.3) is 0 Å². The van der Waals surface area contributed by atoms with E-state index in [1.807, 2.05) is 0 Å². The Labute approximate surface area is 99.2 Å². The molecule has 0 aromatic rings. The highest BCUT2D eigenvalue weighted by Gasteiger charge is 2.31. The van der Waals surface area contributed by atoms with Crippen LogP contribution in [0.3, 0.4) is 0 Å². The average molecular weight is 226 g/mol. The number of rotatable bonds is 3. The van der Waals surface area contributed by atoms with Crippen LogP contribution in [-0.2, 0) is 0 Å². The molecule has 2 N–H and O–H groups in total. The van der Waals surface area contributed by atoms with Crippen LogP contribution in [0.5, 0.6) is 0 Å². The molecule has 1 aliphatic heterocycles. The van der Waals surface area contributed by atoms with Crippen LogP contribution in [0.1, 0.15) is 32.6 Å². The quantitative estimate of drug-likeness (QED) is 0.756. The highest BCUT2D eigenvalue weighted by atomic mass is 16.3. The summed E-state index contributed by atoms with van der Waals surface area (Å²) in [5.74, 6) is 1.24. The first-order chi connectivity index (χ1) is 7.70. The van der Waals surface area contributed by atoms with Gasteiger partial charge >= 0.3 is 0 Å². The summed E-state index contributed by atoms with van der Waals surface area (Å²) in [6.07, 6.45) is 5.00. The van der Waals surface area contributed by atoms with Gasteiger partial charge in [0, 0.05) is 25.2 Å². The Balaban J connectivity index is 1.84. The van der Waals surface area contributed by atoms with Crippen LogP contribution in [0.15, 0.2) is 0 Å². The van der Waals surface area contributed by atoms with E-state index < -0.39 is 0 Å². The maximum Gasteiger partial charge on any atom is 0.0474 e. The van der Waals surface area contributed by atoms with Crippen molar-refractivity contribution in [2.24, 2.45) is 11.8 Å². The molecular weight excluding hydrogens is 200 g/mol. The van der Waals surface area contributed by atoms with Crippen molar-refractivity contribution in [3.05, 3.63) is 0 Å². The average Bonchev–Trinajstić information content (AvgIpc) is 2.69. The van der Waals surface area contributed by atoms with Gasteiger partial charge < -0.3 is 15.3 Å². The number of aliphatic hydroxyl groups excluding tert-OH is 1. The highest BCUT2D eigenvalue weighted by molar-refractivity contribution is 4.89. The van der Waals surface area contributed by atoms with E-state index >= 15 is 0 Å². The standard InChI is InChI=1S/C13H26N2O/c1-10-8-15(2)7-6-12(10)14-13-5-3-4-11(13)9-16/h10-14,16H,3-9H2,1-2H3. The summed E-state index contributed by atoms with van der Waals surface area (Å²) in [6.45, 7) is 5.11. The van der Waals surface area contributed by atoms with E-state index in [0.717, 1.165) is 5.92 Å². The van der Waals surface area contributed by atoms with Gasteiger partial charge in [0.1, 0.15) is 0 Å². The van der Waals surface area contributed by atoms with Crippen LogP contribution in [0.4, 0.5) is 0 Å². The second-order valence-corrected chi connectivity index (χ2v) is 5.78. The van der Waals surface area contributed by atoms with Crippen molar-refractivity contribution in [2.75, 3.05) is 26.7 Å². The zero-order valence-corrected chi connectivity index (χ0v) is 10.7. The molecule has 2 rings (SSSR count). The van der Waals surface area contributed by atoms with Crippen molar-refractivity contribution in [3.63, 3.8) is 0 Å². The second kappa shape index (κ2) is 5.48. The van der Waals surface area contributed by atoms with Crippen molar-refractivity contribution in [1.82, 2.24) is 10.2 Å². The van der Waals surface area contributed by atoms with Crippen LogP contribution in [-0.4, -0.2) is 48.8 Å². The largest absolute Gasteiger partial charge is 0.396 e. The van der Waals surface area contributed by atoms with Crippen LogP contribution >= 0.6 is 0 Å². The molecule has 0 bridgehead atoms. The number of likely N-dealkylation sites (tertiary alicyclic amines) is 1. The Bertz CT molecular complexity index is 222. The van der Waals surface area contributed by atoms with E-state index in [4.69, 9.17) is 0 Å². The minimum absolute atomic E-state index is 0.360. The fourth-order valence-corrected chi connectivity index (χ4v) is 3.35. The van der Waals surface area contributed by atoms with E-state index in [1.165, 1.54) is 38.8 Å². The van der Waals surface area contributed by atoms with Crippen molar-refractivity contribution >= 4 is 0 Å². The molecule has 0 radical (unpaired) electrons. The summed E-state index contributed by atoms with van der Waals surface area (Å²) in [6, 6.07) is 1.23. The number of nitrogens with one attached hydrogen (secondary N) is 1. The van der Waals surface area contributed by atoms with Crippen molar-refractivity contribution in [2.45, 2.75) is 44.7 Å². The van der Waals surface area contributed by atoms with Gasteiger partial charge in [-0.15, -0.1) is 0 Å². The lowest BCUT2D eigenvalue weighted by Gasteiger charge is -2.37. The van der Waals surface area contributed by atoms with Gasteiger partial charge in [-0.1, -0.05) is 13.3 Å². The summed E-state index contributed by atoms with van der Waals surface area (Å²) in [7, 11) is 2.21. The van der Waals surface area contributed by atoms with E-state index in [9.17, 15) is 5.11 Å². The first kappa shape index (κ1) is 12.3. The second-order valence-electron chi connectivity index (χ2n) is 5.78. The van der Waals surface area contributed by atoms with E-state index in [2.05, 4.69) is 24.2 Å². The predicted molar refractivity (Wildman–Crippen MR) is 66.4 cm³/mol. The molecular formula is C13H26N2O. The van der Waals surface area contributed by atoms with E-state index in [1.54, 1.807) is 0 Å². The molecule has 16 heavy (non-hydrogen) atoms. The summed E-state index contributed by atoms with van der Waals surface area (Å²) in [5, 5.41) is 13.1. The van der Waals surface area contributed by atoms with Gasteiger partial charge in [0.2, 0.25) is 0 Å². The lowest BCUT2D eigenvalue weighted by atomic mass is 9.92. The van der Waals surface area contributed by atoms with Gasteiger partial charge in [-0.3, -0.25) is 0 Å². The van der Waals surface area contributed by atoms with Crippen molar-refractivity contribution in [3.8, 4) is 0 Å². The van der Waals surface area contributed by atoms with Gasteiger partial charge in [0.05, 0.1) is 0 Å². The molecule has 1 saturated heterocycles. The third-order valence-electron chi connectivity index (χ3n) is 4.43. The number of hydrogen-bond acceptors (Lipinski definition) is 3. The molecule has 1 aliphatic carbocycles. The van der Waals surface area contributed by atoms with Gasteiger partial charge in [0.15, 0.2) is 0 Å². The zero-order valence-electron chi connectivity index (χ0n) is 10.7. The smallest absolute Gasteiger partial charge is 0.0474 e. The number of nitrogens with zero attached hydrogens (tertiary/aromatic N) is 1. The third kappa shape index (κ3) is 2.76. The summed E-state index contributed by atoms with van der Waals surface area (Å²) in [4.78, 5) is 2.42. The molecule has 1 heterocycles. The van der Waals surface area contributed by atoms with Crippen LogP contribution in [0.25, 0.3) is 0 Å². The lowest BCUT2D eigenvalue weighted by Crippen LogP contribution is -2.51. The number of hydrogen-bond donors (Lipinski definition) is 2. The Morgan fingerprint density at radius 2 is 2.06 bits per heavy atom. The number of aliphatic hydroxyl groups is 1. The fourth-order valence-electron chi connectivity index (χ4n) is 3.35. The lowest BCUT2D eigenvalue weighted by molar-refractivity contribution is 0.144. The Kier molecular flexibility index (Phi) is 4.22. The molecule has 2 aliphatic rings. The topological polar surface area (TPSA) is 35.5 Å². The monoisotopic (exact) mass is 226 g/mol. The minimum atomic E-state index is 0.360. The van der Waals surface area contributed by atoms with Crippen LogP contribution < -0.4 is 5.32 Å². The molecule has 0 aromatic carbocycles. The summed E-state index contributed by atoms with van der Waals surface area (Å²) >= 11 is 0. The maximum atomic E-state index is 9.33. The third-order valence-corrected chi connectivity index (χ3v) is 4.43. The summed E-state index contributed by atoms with van der Waals surface area (Å²) < 4.78 is 0. The highest BCUT2D eigenvalue weighted by Crippen LogP contribution is 2.27. The maximum absolute atomic E-state index is 9.33. The molecule has 0 amide bonds. The van der Waals surface area contributed by atoms with Crippen molar-refractivity contribution < 1.29 is 5.11 Å². The molecule has 4 unspecified atom stereocenters. The molecule has 3 heteroatoms. The fraction of sp³-hybridized carbons (Fsp3) is 1.00. The molecule has 3 nitrogen and oxygen atoms in total. The SMILES string of the molecule is CC1CN(C)CCC1NC1CCCC1CO. The van der Waals surface area contributed by atoms with E-state index in [0.29, 0.717) is 24.6 Å². The van der Waals surface area contributed by atoms with Gasteiger partial charge in [-0.25, -0.2) is 0 Å². The normalized spacial score (nSPS) is 41.4. The Morgan fingerprint density at radius 3 is 2.75 bits per heavy atom. The molecule has 1 saturated carbocycles. The zero-order chi connectivity index (χ0) is 11.5. The molecule has 0 aromatic heterocycles. The van der Waals surface area contributed by atoms with Crippen LogP contribution in [0.2, 0.25) is 0 Å². The minimum Gasteiger partial charge on any atom is -0.396 e. The van der Waals surface area contributed by atoms with Gasteiger partial charge in [-0.2, -0.15) is 0 Å². The number of piperidine rings is 1. The predicted octanol–water partition coefficient (Wildman–Crippen LogP) is 1.08. The Hall–Kier alpha value is -0.120. The molecule has 2 fully saturated rings. The molecule has 94 valence electrons. The summed E-state index contributed by atoms with van der Waals surface area (Å²) in [5.41, 5.74) is 0. The molecule has 4 atom stereocenters. The van der Waals surface area contributed by atoms with E-state index in [-0.39, 0.29) is 0 Å². The van der Waals surface area contributed by atoms with Crippen molar-refractivity contribution in [1.29, 1.82) is 0 Å².